The molecule has 1 unspecified atom stereocenters. The summed E-state index contributed by atoms with van der Waals surface area (Å²) in [7, 11) is 0. The van der Waals surface area contributed by atoms with Gasteiger partial charge in [0.05, 0.1) is 17.6 Å². The van der Waals surface area contributed by atoms with Crippen LogP contribution in [0.1, 0.15) is 49.9 Å². The van der Waals surface area contributed by atoms with Crippen LogP contribution in [0.5, 0.6) is 5.88 Å². The zero-order chi connectivity index (χ0) is 18.0. The van der Waals surface area contributed by atoms with Crippen LogP contribution < -0.4 is 10.1 Å². The number of amides is 2. The molecule has 1 N–H and O–H groups in total. The number of halogens is 1. The molecular weight excluding hydrogens is 342 g/mol. The fraction of sp³-hybridized carbons (Fsp3) is 0.611. The minimum atomic E-state index is -0.144. The lowest BCUT2D eigenvalue weighted by Crippen LogP contribution is -2.45. The fourth-order valence-electron chi connectivity index (χ4n) is 2.96. The Hall–Kier alpha value is -1.82. The smallest absolute Gasteiger partial charge is 0.255 e. The molecule has 2 amide bonds. The zero-order valence-electron chi connectivity index (χ0n) is 14.6. The van der Waals surface area contributed by atoms with E-state index in [9.17, 15) is 9.59 Å². The summed E-state index contributed by atoms with van der Waals surface area (Å²) in [4.78, 5) is 30.9. The Kier molecular flexibility index (Phi) is 5.47. The summed E-state index contributed by atoms with van der Waals surface area (Å²) in [6.07, 6.45) is 5.22. The highest BCUT2D eigenvalue weighted by Gasteiger charge is 2.32. The van der Waals surface area contributed by atoms with Crippen LogP contribution in [0.25, 0.3) is 0 Å². The highest BCUT2D eigenvalue weighted by Crippen LogP contribution is 2.26. The molecule has 136 valence electrons. The second-order valence-corrected chi connectivity index (χ2v) is 7.46. The molecule has 1 saturated heterocycles. The van der Waals surface area contributed by atoms with Gasteiger partial charge in [-0.25, -0.2) is 4.98 Å². The second-order valence-electron chi connectivity index (χ2n) is 7.05. The van der Waals surface area contributed by atoms with Crippen LogP contribution in [0.2, 0.25) is 5.02 Å². The predicted octanol–water partition coefficient (Wildman–Crippen LogP) is 2.65. The molecule has 0 radical (unpaired) electrons. The first-order valence-corrected chi connectivity index (χ1v) is 9.23. The Morgan fingerprint density at radius 3 is 2.76 bits per heavy atom. The van der Waals surface area contributed by atoms with E-state index in [1.54, 1.807) is 11.0 Å². The molecule has 6 nitrogen and oxygen atoms in total. The first-order chi connectivity index (χ1) is 11.9. The summed E-state index contributed by atoms with van der Waals surface area (Å²) in [5.74, 6) is 0.116. The van der Waals surface area contributed by atoms with Crippen LogP contribution in [0, 0.1) is 5.92 Å². The van der Waals surface area contributed by atoms with Crippen molar-refractivity contribution in [2.75, 3.05) is 13.1 Å². The lowest BCUT2D eigenvalue weighted by molar-refractivity contribution is -0.126. The van der Waals surface area contributed by atoms with Gasteiger partial charge in [0.2, 0.25) is 11.8 Å². The van der Waals surface area contributed by atoms with Gasteiger partial charge in [-0.05, 0) is 45.6 Å². The van der Waals surface area contributed by atoms with E-state index in [-0.39, 0.29) is 23.8 Å². The quantitative estimate of drug-likeness (QED) is 0.870. The average molecular weight is 366 g/mol. The van der Waals surface area contributed by atoms with E-state index < -0.39 is 0 Å². The Morgan fingerprint density at radius 2 is 2.12 bits per heavy atom. The molecule has 1 aliphatic heterocycles. The van der Waals surface area contributed by atoms with Crippen LogP contribution in [-0.4, -0.2) is 46.9 Å². The van der Waals surface area contributed by atoms with E-state index in [1.165, 1.54) is 6.20 Å². The molecular formula is C18H24ClN3O3. The Morgan fingerprint density at radius 1 is 1.36 bits per heavy atom. The van der Waals surface area contributed by atoms with Gasteiger partial charge in [0, 0.05) is 25.3 Å². The van der Waals surface area contributed by atoms with Crippen LogP contribution in [0.3, 0.4) is 0 Å². The zero-order valence-corrected chi connectivity index (χ0v) is 15.4. The van der Waals surface area contributed by atoms with Crippen molar-refractivity contribution in [1.29, 1.82) is 0 Å². The number of rotatable bonds is 5. The largest absolute Gasteiger partial charge is 0.474 e. The SMILES string of the molecule is CC(C)Oc1ncc(C(=O)N2CCCC(C(=O)NC3CC3)C2)cc1Cl. The van der Waals surface area contributed by atoms with E-state index in [1.807, 2.05) is 13.8 Å². The van der Waals surface area contributed by atoms with Crippen molar-refractivity contribution in [2.24, 2.45) is 5.92 Å². The fourth-order valence-corrected chi connectivity index (χ4v) is 3.17. The minimum Gasteiger partial charge on any atom is -0.474 e. The molecule has 0 spiro atoms. The number of likely N-dealkylation sites (tertiary alicyclic amines) is 1. The summed E-state index contributed by atoms with van der Waals surface area (Å²) in [5, 5.41) is 3.35. The van der Waals surface area contributed by atoms with E-state index >= 15 is 0 Å². The summed E-state index contributed by atoms with van der Waals surface area (Å²) in [6, 6.07) is 1.93. The van der Waals surface area contributed by atoms with Crippen molar-refractivity contribution in [3.8, 4) is 5.88 Å². The molecule has 2 fully saturated rings. The van der Waals surface area contributed by atoms with Gasteiger partial charge in [-0.15, -0.1) is 0 Å². The predicted molar refractivity (Wildman–Crippen MR) is 94.8 cm³/mol. The summed E-state index contributed by atoms with van der Waals surface area (Å²) >= 11 is 6.18. The lowest BCUT2D eigenvalue weighted by Gasteiger charge is -2.32. The number of pyridine rings is 1. The topological polar surface area (TPSA) is 71.5 Å². The van der Waals surface area contributed by atoms with Gasteiger partial charge < -0.3 is 15.0 Å². The molecule has 1 atom stereocenters. The monoisotopic (exact) mass is 365 g/mol. The van der Waals surface area contributed by atoms with Crippen molar-refractivity contribution < 1.29 is 14.3 Å². The number of ether oxygens (including phenoxy) is 1. The number of nitrogens with one attached hydrogen (secondary N) is 1. The normalized spacial score (nSPS) is 20.5. The Bertz CT molecular complexity index is 661. The van der Waals surface area contributed by atoms with E-state index in [4.69, 9.17) is 16.3 Å². The van der Waals surface area contributed by atoms with Crippen molar-refractivity contribution >= 4 is 23.4 Å². The molecule has 1 aliphatic carbocycles. The minimum absolute atomic E-state index is 0.0422. The number of hydrogen-bond donors (Lipinski definition) is 1. The molecule has 2 aliphatic rings. The van der Waals surface area contributed by atoms with Gasteiger partial charge >= 0.3 is 0 Å². The molecule has 7 heteroatoms. The van der Waals surface area contributed by atoms with E-state index in [0.717, 1.165) is 25.7 Å². The Balaban J connectivity index is 1.65. The van der Waals surface area contributed by atoms with Crippen molar-refractivity contribution in [3.63, 3.8) is 0 Å². The van der Waals surface area contributed by atoms with Crippen LogP contribution in [0.15, 0.2) is 12.3 Å². The summed E-state index contributed by atoms with van der Waals surface area (Å²) < 4.78 is 5.50. The van der Waals surface area contributed by atoms with Crippen LogP contribution in [-0.2, 0) is 4.79 Å². The standard InChI is InChI=1S/C18H24ClN3O3/c1-11(2)25-17-15(19)8-13(9-20-17)18(24)22-7-3-4-12(10-22)16(23)21-14-5-6-14/h8-9,11-12,14H,3-7,10H2,1-2H3,(H,21,23). The number of aromatic nitrogens is 1. The van der Waals surface area contributed by atoms with Gasteiger partial charge in [0.15, 0.2) is 0 Å². The van der Waals surface area contributed by atoms with Gasteiger partial charge in [-0.1, -0.05) is 11.6 Å². The molecule has 0 bridgehead atoms. The third-order valence-corrected chi connectivity index (χ3v) is 4.68. The van der Waals surface area contributed by atoms with Crippen molar-refractivity contribution in [3.05, 3.63) is 22.8 Å². The molecule has 1 aromatic heterocycles. The number of carbonyl (C=O) groups is 2. The van der Waals surface area contributed by atoms with Gasteiger partial charge in [0.25, 0.3) is 5.91 Å². The highest BCUT2D eigenvalue weighted by atomic mass is 35.5. The summed E-state index contributed by atoms with van der Waals surface area (Å²) in [5.41, 5.74) is 0.421. The van der Waals surface area contributed by atoms with Crippen LogP contribution in [0.4, 0.5) is 0 Å². The molecule has 0 aromatic carbocycles. The number of hydrogen-bond acceptors (Lipinski definition) is 4. The lowest BCUT2D eigenvalue weighted by atomic mass is 9.96. The number of piperidine rings is 1. The molecule has 3 rings (SSSR count). The third kappa shape index (κ3) is 4.63. The van der Waals surface area contributed by atoms with Crippen molar-refractivity contribution in [1.82, 2.24) is 15.2 Å². The third-order valence-electron chi connectivity index (χ3n) is 4.40. The number of nitrogens with zero attached hydrogens (tertiary/aromatic N) is 2. The van der Waals surface area contributed by atoms with Gasteiger partial charge in [-0.2, -0.15) is 0 Å². The van der Waals surface area contributed by atoms with Gasteiger partial charge in [-0.3, -0.25) is 9.59 Å². The molecule has 2 heterocycles. The van der Waals surface area contributed by atoms with E-state index in [0.29, 0.717) is 35.6 Å². The van der Waals surface area contributed by atoms with Crippen LogP contribution >= 0.6 is 11.6 Å². The maximum absolute atomic E-state index is 12.7. The highest BCUT2D eigenvalue weighted by molar-refractivity contribution is 6.32. The number of carbonyl (C=O) groups excluding carboxylic acids is 2. The first-order valence-electron chi connectivity index (χ1n) is 8.86. The van der Waals surface area contributed by atoms with Gasteiger partial charge in [0.1, 0.15) is 5.02 Å². The van der Waals surface area contributed by atoms with Crippen molar-refractivity contribution in [2.45, 2.75) is 51.7 Å². The maximum atomic E-state index is 12.7. The van der Waals surface area contributed by atoms with E-state index in [2.05, 4.69) is 10.3 Å². The molecule has 1 aromatic rings. The first kappa shape index (κ1) is 18.0. The second kappa shape index (κ2) is 7.60. The summed E-state index contributed by atoms with van der Waals surface area (Å²) in [6.45, 7) is 4.86. The average Bonchev–Trinajstić information content (AvgIpc) is 3.39. The molecule has 1 saturated carbocycles. The maximum Gasteiger partial charge on any atom is 0.255 e. The molecule has 25 heavy (non-hydrogen) atoms. The Labute approximate surface area is 152 Å².